The zero-order valence-corrected chi connectivity index (χ0v) is 71.4. The molecule has 0 atom stereocenters. The van der Waals surface area contributed by atoms with Crippen molar-refractivity contribution < 1.29 is 24.9 Å². The molecule has 7 heteroatoms. The maximum absolute atomic E-state index is 15.0. The summed E-state index contributed by atoms with van der Waals surface area (Å²) in [6.45, 7) is 0. The average molecular weight is 1800 g/mol. The second kappa shape index (κ2) is 33.7. The van der Waals surface area contributed by atoms with Crippen molar-refractivity contribution in [3.8, 4) is 101 Å². The fourth-order valence-corrected chi connectivity index (χ4v) is 19.9. The van der Waals surface area contributed by atoms with Crippen molar-refractivity contribution in [3.63, 3.8) is 0 Å². The molecule has 0 saturated carbocycles. The minimum Gasteiger partial charge on any atom is -0.309 e. The Morgan fingerprint density at radius 1 is 0.228 bits per heavy atom. The molecule has 4 aliphatic carbocycles. The van der Waals surface area contributed by atoms with Gasteiger partial charge < -0.3 is 24.1 Å². The largest absolute Gasteiger partial charge is 3.00 e. The number of para-hydroxylation sites is 4. The van der Waals surface area contributed by atoms with Crippen LogP contribution in [0.1, 0.15) is 60.4 Å². The Morgan fingerprint density at radius 3 is 0.732 bits per heavy atom. The van der Waals surface area contributed by atoms with Crippen LogP contribution >= 0.6 is 0 Å². The Hall–Kier alpha value is -15.9. The van der Waals surface area contributed by atoms with E-state index in [1.807, 2.05) is 140 Å². The number of carbonyl (C=O) groups excluding carboxylic acids is 1. The second-order valence-corrected chi connectivity index (χ2v) is 31.9. The van der Waals surface area contributed by atoms with Crippen LogP contribution in [0.25, 0.3) is 144 Å². The van der Waals surface area contributed by atoms with E-state index < -0.39 is 10.8 Å². The molecule has 22 aromatic rings. The first-order valence-corrected chi connectivity index (χ1v) is 42.7. The number of carbonyl (C=O) groups is 1. The first-order chi connectivity index (χ1) is 62.5. The number of fused-ring (bicyclic) bond motifs is 26. The third kappa shape index (κ3) is 13.6. The molecule has 127 heavy (non-hydrogen) atoms. The molecule has 0 bridgehead atoms. The molecule has 2 spiro atoms. The van der Waals surface area contributed by atoms with Gasteiger partial charge in [-0.3, -0.25) is 4.79 Å². The summed E-state index contributed by atoms with van der Waals surface area (Å²) in [4.78, 5) is 27.6. The zero-order chi connectivity index (χ0) is 83.9. The molecule has 26 rings (SSSR count). The van der Waals surface area contributed by atoms with E-state index in [1.54, 1.807) is 18.6 Å². The molecular formula is C120H78IrN5O. The number of hydrogen-bond donors (Lipinski definition) is 0. The van der Waals surface area contributed by atoms with Gasteiger partial charge in [0.15, 0.2) is 5.78 Å². The summed E-state index contributed by atoms with van der Waals surface area (Å²) < 4.78 is 4.72. The smallest absolute Gasteiger partial charge is 0.309 e. The molecule has 0 amide bonds. The number of aromatic nitrogens is 5. The van der Waals surface area contributed by atoms with E-state index in [-0.39, 0.29) is 25.9 Å². The van der Waals surface area contributed by atoms with E-state index in [2.05, 4.69) is 358 Å². The van der Waals surface area contributed by atoms with E-state index in [1.165, 1.54) is 155 Å². The standard InChI is InChI=1S/C51H30O.C36H24N2.3C11H8N.Ir/c52-49(31-25-27-39-37-17-5-11-23-45(37)50(47(39)29-31)41-19-7-1-13-33(41)34-14-2-8-20-42(34)50)32-26-28-40-38-18-6-12-24-46(38)51(48(40)30-32)43-21-9-3-15-35(43)36-16-4-10-22-44(36)51;1-5-13-33-29(9-1)30-10-2-6-14-34(30)37(33)27-21-17-25(18-22-27)26-19-23-28(24-20-26)38-35-15-7-3-11-31(35)32-12-4-8-16-36(32)38;3*1-2-6-10(7-3-1)11-8-4-5-9-12-11;/h1-30H;1-24H;3*1-6,8-9H;/q;;3*-1;+3. The van der Waals surface area contributed by atoms with Crippen LogP contribution in [0.5, 0.6) is 0 Å². The SMILES string of the molecule is O=C(c1ccc2c(c1)C1(c3ccccc3-c3ccccc31)c1ccccc1-2)c1ccc2c(c1)C1(c3ccccc3-c3ccccc31)c1ccccc1-2.[Ir+3].[c-]1ccccc1-c1ccccn1.[c-]1ccccc1-c1ccccn1.[c-]1ccccc1-c1ccccn1.c1ccc2c(c1)c1ccccc1n2-c1ccc(-c2ccc(-n3c4ccccc4c4ccccc43)cc2)cc1. The van der Waals surface area contributed by atoms with Gasteiger partial charge in [0, 0.05) is 62.6 Å². The number of hydrogen-bond acceptors (Lipinski definition) is 4. The number of nitrogens with zero attached hydrogens (tertiary/aromatic N) is 5. The molecule has 0 radical (unpaired) electrons. The van der Waals surface area contributed by atoms with Gasteiger partial charge in [0.1, 0.15) is 0 Å². The molecule has 0 aliphatic heterocycles. The number of rotatable bonds is 8. The maximum atomic E-state index is 15.0. The Bertz CT molecular complexity index is 6950. The first kappa shape index (κ1) is 78.4. The average Bonchev–Trinajstić information content (AvgIpc) is 1.51. The van der Waals surface area contributed by atoms with Gasteiger partial charge in [-0.15, -0.1) is 108 Å². The zero-order valence-electron chi connectivity index (χ0n) is 69.0. The Balaban J connectivity index is 0.000000113. The van der Waals surface area contributed by atoms with Crippen molar-refractivity contribution in [1.82, 2.24) is 24.1 Å². The Kier molecular flexibility index (Phi) is 20.8. The fourth-order valence-electron chi connectivity index (χ4n) is 19.9. The molecule has 6 nitrogen and oxygen atoms in total. The summed E-state index contributed by atoms with van der Waals surface area (Å²) in [5.41, 5.74) is 36.1. The molecule has 0 unspecified atom stereocenters. The van der Waals surface area contributed by atoms with Gasteiger partial charge in [0.2, 0.25) is 0 Å². The van der Waals surface area contributed by atoms with Crippen molar-refractivity contribution in [1.29, 1.82) is 0 Å². The van der Waals surface area contributed by atoms with Gasteiger partial charge in [0.05, 0.1) is 32.9 Å². The molecule has 4 aliphatic rings. The van der Waals surface area contributed by atoms with Gasteiger partial charge in [-0.2, -0.15) is 0 Å². The van der Waals surface area contributed by atoms with Gasteiger partial charge >= 0.3 is 20.1 Å². The van der Waals surface area contributed by atoms with Crippen molar-refractivity contribution in [2.24, 2.45) is 0 Å². The second-order valence-electron chi connectivity index (χ2n) is 31.9. The summed E-state index contributed by atoms with van der Waals surface area (Å²) in [5, 5.41) is 5.14. The monoisotopic (exact) mass is 1800 g/mol. The van der Waals surface area contributed by atoms with Crippen LogP contribution in [-0.2, 0) is 30.9 Å². The predicted octanol–water partition coefficient (Wildman–Crippen LogP) is 28.8. The van der Waals surface area contributed by atoms with E-state index >= 15 is 0 Å². The summed E-state index contributed by atoms with van der Waals surface area (Å²) in [7, 11) is 0. The summed E-state index contributed by atoms with van der Waals surface area (Å²) in [5.74, 6) is 0.0435. The summed E-state index contributed by atoms with van der Waals surface area (Å²) in [6.07, 6.45) is 5.36. The van der Waals surface area contributed by atoms with Crippen LogP contribution in [0.3, 0.4) is 0 Å². The minimum absolute atomic E-state index is 0. The van der Waals surface area contributed by atoms with E-state index in [0.29, 0.717) is 11.1 Å². The van der Waals surface area contributed by atoms with Crippen LogP contribution in [0.4, 0.5) is 0 Å². The van der Waals surface area contributed by atoms with Crippen LogP contribution in [0.2, 0.25) is 0 Å². The van der Waals surface area contributed by atoms with Crippen molar-refractivity contribution >= 4 is 49.4 Å². The van der Waals surface area contributed by atoms with Crippen LogP contribution < -0.4 is 0 Å². The molecule has 5 heterocycles. The first-order valence-electron chi connectivity index (χ1n) is 42.7. The van der Waals surface area contributed by atoms with Crippen LogP contribution in [0, 0.1) is 18.2 Å². The third-order valence-corrected chi connectivity index (χ3v) is 25.2. The van der Waals surface area contributed by atoms with Crippen molar-refractivity contribution in [2.45, 2.75) is 10.8 Å². The normalized spacial score (nSPS) is 12.3. The van der Waals surface area contributed by atoms with Gasteiger partial charge in [-0.25, -0.2) is 0 Å². The van der Waals surface area contributed by atoms with Gasteiger partial charge in [-0.05, 0) is 196 Å². The molecule has 5 aromatic heterocycles. The molecule has 0 saturated heterocycles. The molecular weight excluding hydrogens is 1720 g/mol. The van der Waals surface area contributed by atoms with Crippen LogP contribution in [-0.4, -0.2) is 29.9 Å². The minimum atomic E-state index is -0.490. The Labute approximate surface area is 751 Å². The van der Waals surface area contributed by atoms with Gasteiger partial charge in [0.25, 0.3) is 0 Å². The molecule has 17 aromatic carbocycles. The predicted molar refractivity (Wildman–Crippen MR) is 515 cm³/mol. The van der Waals surface area contributed by atoms with E-state index in [4.69, 9.17) is 0 Å². The third-order valence-electron chi connectivity index (χ3n) is 25.2. The topological polar surface area (TPSA) is 65.6 Å². The van der Waals surface area contributed by atoms with Gasteiger partial charge in [-0.1, -0.05) is 303 Å². The number of pyridine rings is 3. The fraction of sp³-hybridized carbons (Fsp3) is 0.0167. The van der Waals surface area contributed by atoms with Crippen molar-refractivity contribution in [3.05, 3.63) is 547 Å². The van der Waals surface area contributed by atoms with Crippen LogP contribution in [0.15, 0.2) is 474 Å². The molecule has 598 valence electrons. The quantitative estimate of drug-likeness (QED) is 0.112. The summed E-state index contributed by atoms with van der Waals surface area (Å²) in [6, 6.07) is 169. The van der Waals surface area contributed by atoms with E-state index in [9.17, 15) is 4.79 Å². The molecule has 0 fully saturated rings. The molecule has 0 N–H and O–H groups in total. The number of benzene rings is 17. The maximum Gasteiger partial charge on any atom is 3.00 e. The number of ketones is 1. The summed E-state index contributed by atoms with van der Waals surface area (Å²) >= 11 is 0. The van der Waals surface area contributed by atoms with E-state index in [0.717, 1.165) is 33.8 Å². The Morgan fingerprint density at radius 2 is 0.472 bits per heavy atom. The van der Waals surface area contributed by atoms with Crippen molar-refractivity contribution in [2.75, 3.05) is 0 Å².